The molecule has 0 saturated carbocycles. The van der Waals surface area contributed by atoms with E-state index < -0.39 is 15.6 Å². The summed E-state index contributed by atoms with van der Waals surface area (Å²) in [6, 6.07) is 5.20. The molecule has 0 atom stereocenters. The molecular weight excluding hydrogens is 349 g/mol. The van der Waals surface area contributed by atoms with Gasteiger partial charge in [-0.2, -0.15) is 21.6 Å². The van der Waals surface area contributed by atoms with E-state index in [4.69, 9.17) is 0 Å². The highest BCUT2D eigenvalue weighted by molar-refractivity contribution is 9.10. The van der Waals surface area contributed by atoms with Crippen LogP contribution in [0.5, 0.6) is 0 Å². The number of hydrogen-bond acceptors (Lipinski definition) is 3. The largest absolute Gasteiger partial charge is 0.534 e. The standard InChI is InChI=1S/C11H8BrF3O3S/c12-10-3-1-2-7-6-8(4-5-9(7)10)18-19(16,17)11(13,14)15/h1-3,6H,4-5H2. The maximum absolute atomic E-state index is 12.2. The van der Waals surface area contributed by atoms with Gasteiger partial charge in [0.1, 0.15) is 5.76 Å². The molecule has 0 fully saturated rings. The number of fused-ring (bicyclic) bond motifs is 1. The molecule has 0 unspecified atom stereocenters. The number of rotatable bonds is 2. The summed E-state index contributed by atoms with van der Waals surface area (Å²) in [4.78, 5) is 0. The van der Waals surface area contributed by atoms with Crippen molar-refractivity contribution in [3.63, 3.8) is 0 Å². The van der Waals surface area contributed by atoms with Crippen molar-refractivity contribution in [1.29, 1.82) is 0 Å². The first-order valence-corrected chi connectivity index (χ1v) is 7.39. The van der Waals surface area contributed by atoms with Crippen molar-refractivity contribution in [2.75, 3.05) is 0 Å². The van der Waals surface area contributed by atoms with E-state index in [0.717, 1.165) is 10.0 Å². The second kappa shape index (κ2) is 4.82. The Labute approximate surface area is 116 Å². The minimum absolute atomic E-state index is 0.102. The molecule has 104 valence electrons. The Morgan fingerprint density at radius 3 is 2.53 bits per heavy atom. The highest BCUT2D eigenvalue weighted by atomic mass is 79.9. The van der Waals surface area contributed by atoms with E-state index in [9.17, 15) is 21.6 Å². The Kier molecular flexibility index (Phi) is 3.65. The highest BCUT2D eigenvalue weighted by Gasteiger charge is 2.48. The molecule has 0 aliphatic heterocycles. The van der Waals surface area contributed by atoms with Crippen LogP contribution in [0.4, 0.5) is 13.2 Å². The van der Waals surface area contributed by atoms with Gasteiger partial charge < -0.3 is 4.18 Å². The van der Waals surface area contributed by atoms with E-state index in [2.05, 4.69) is 20.1 Å². The average Bonchev–Trinajstić information content (AvgIpc) is 2.27. The fourth-order valence-electron chi connectivity index (χ4n) is 1.72. The van der Waals surface area contributed by atoms with Crippen molar-refractivity contribution in [1.82, 2.24) is 0 Å². The number of benzene rings is 1. The van der Waals surface area contributed by atoms with Crippen molar-refractivity contribution in [3.8, 4) is 0 Å². The topological polar surface area (TPSA) is 43.4 Å². The minimum atomic E-state index is -5.59. The third-order valence-electron chi connectivity index (χ3n) is 2.59. The van der Waals surface area contributed by atoms with Crippen LogP contribution in [0.15, 0.2) is 28.4 Å². The second-order valence-corrected chi connectivity index (χ2v) is 6.29. The first-order valence-electron chi connectivity index (χ1n) is 5.19. The van der Waals surface area contributed by atoms with Crippen LogP contribution in [0.25, 0.3) is 6.08 Å². The SMILES string of the molecule is O=S(=O)(OC1=Cc2cccc(Br)c2CC1)C(F)(F)F. The van der Waals surface area contributed by atoms with Crippen molar-refractivity contribution in [2.24, 2.45) is 0 Å². The summed E-state index contributed by atoms with van der Waals surface area (Å²) in [5.41, 5.74) is -3.85. The molecule has 0 bridgehead atoms. The zero-order chi connectivity index (χ0) is 14.3. The van der Waals surface area contributed by atoms with Gasteiger partial charge in [0, 0.05) is 10.9 Å². The van der Waals surface area contributed by atoms with Gasteiger partial charge in [-0.05, 0) is 29.7 Å². The van der Waals surface area contributed by atoms with Gasteiger partial charge in [-0.25, -0.2) is 0 Å². The maximum Gasteiger partial charge on any atom is 0.534 e. The summed E-state index contributed by atoms with van der Waals surface area (Å²) >= 11 is 3.33. The van der Waals surface area contributed by atoms with Gasteiger partial charge in [0.05, 0.1) is 0 Å². The Hall–Kier alpha value is -1.02. The molecule has 1 aromatic carbocycles. The van der Waals surface area contributed by atoms with Gasteiger partial charge in [0.25, 0.3) is 0 Å². The molecule has 0 N–H and O–H groups in total. The Balaban J connectivity index is 2.31. The normalized spacial score (nSPS) is 15.7. The zero-order valence-corrected chi connectivity index (χ0v) is 11.8. The van der Waals surface area contributed by atoms with Crippen LogP contribution >= 0.6 is 15.9 Å². The number of allylic oxidation sites excluding steroid dienone is 1. The minimum Gasteiger partial charge on any atom is -0.381 e. The van der Waals surface area contributed by atoms with Crippen LogP contribution in [0.3, 0.4) is 0 Å². The van der Waals surface area contributed by atoms with E-state index in [1.165, 1.54) is 6.08 Å². The molecule has 19 heavy (non-hydrogen) atoms. The third kappa shape index (κ3) is 2.94. The van der Waals surface area contributed by atoms with Gasteiger partial charge in [0.2, 0.25) is 0 Å². The molecule has 0 amide bonds. The monoisotopic (exact) mass is 356 g/mol. The van der Waals surface area contributed by atoms with Crippen molar-refractivity contribution in [2.45, 2.75) is 18.3 Å². The van der Waals surface area contributed by atoms with E-state index in [1.807, 2.05) is 6.07 Å². The Bertz CT molecular complexity index is 635. The van der Waals surface area contributed by atoms with Gasteiger partial charge in [-0.1, -0.05) is 28.1 Å². The third-order valence-corrected chi connectivity index (χ3v) is 4.34. The summed E-state index contributed by atoms with van der Waals surface area (Å²) in [5, 5.41) is 0. The number of halogens is 4. The lowest BCUT2D eigenvalue weighted by molar-refractivity contribution is -0.0522. The maximum atomic E-state index is 12.2. The van der Waals surface area contributed by atoms with Gasteiger partial charge >= 0.3 is 15.6 Å². The van der Waals surface area contributed by atoms with Crippen molar-refractivity contribution < 1.29 is 25.8 Å². The number of hydrogen-bond donors (Lipinski definition) is 0. The molecule has 0 aromatic heterocycles. The molecule has 0 heterocycles. The van der Waals surface area contributed by atoms with Crippen LogP contribution in [0, 0.1) is 0 Å². The summed E-state index contributed by atoms with van der Waals surface area (Å²) in [6.45, 7) is 0. The van der Waals surface area contributed by atoms with E-state index in [-0.39, 0.29) is 12.2 Å². The molecule has 1 aliphatic rings. The first kappa shape index (κ1) is 14.4. The number of alkyl halides is 3. The molecule has 0 saturated heterocycles. The van der Waals surface area contributed by atoms with Crippen LogP contribution in [0.2, 0.25) is 0 Å². The predicted molar refractivity (Wildman–Crippen MR) is 66.5 cm³/mol. The summed E-state index contributed by atoms with van der Waals surface area (Å²) in [6.07, 6.45) is 1.83. The fraction of sp³-hybridized carbons (Fsp3) is 0.273. The Morgan fingerprint density at radius 1 is 1.21 bits per heavy atom. The highest BCUT2D eigenvalue weighted by Crippen LogP contribution is 2.33. The lowest BCUT2D eigenvalue weighted by Crippen LogP contribution is -2.25. The van der Waals surface area contributed by atoms with E-state index in [0.29, 0.717) is 12.0 Å². The fourth-order valence-corrected chi connectivity index (χ4v) is 2.81. The Morgan fingerprint density at radius 2 is 1.89 bits per heavy atom. The van der Waals surface area contributed by atoms with Gasteiger partial charge in [0.15, 0.2) is 0 Å². The molecule has 3 nitrogen and oxygen atoms in total. The van der Waals surface area contributed by atoms with Crippen LogP contribution in [-0.2, 0) is 20.7 Å². The molecular formula is C11H8BrF3O3S. The van der Waals surface area contributed by atoms with Crippen LogP contribution in [-0.4, -0.2) is 13.9 Å². The smallest absolute Gasteiger partial charge is 0.381 e. The average molecular weight is 357 g/mol. The lowest BCUT2D eigenvalue weighted by atomic mass is 9.97. The molecule has 0 spiro atoms. The van der Waals surface area contributed by atoms with Gasteiger partial charge in [-0.3, -0.25) is 0 Å². The van der Waals surface area contributed by atoms with Crippen molar-refractivity contribution >= 4 is 32.1 Å². The van der Waals surface area contributed by atoms with E-state index in [1.54, 1.807) is 12.1 Å². The molecule has 8 heteroatoms. The van der Waals surface area contributed by atoms with E-state index >= 15 is 0 Å². The first-order chi connectivity index (χ1) is 8.71. The zero-order valence-electron chi connectivity index (χ0n) is 9.37. The summed E-state index contributed by atoms with van der Waals surface area (Å²) in [7, 11) is -5.59. The molecule has 1 aliphatic carbocycles. The summed E-state index contributed by atoms with van der Waals surface area (Å²) in [5.74, 6) is -0.206. The molecule has 0 radical (unpaired) electrons. The predicted octanol–water partition coefficient (Wildman–Crippen LogP) is 3.60. The molecule has 1 aromatic rings. The van der Waals surface area contributed by atoms with Gasteiger partial charge in [-0.15, -0.1) is 0 Å². The molecule has 2 rings (SSSR count). The van der Waals surface area contributed by atoms with Crippen LogP contribution < -0.4 is 0 Å². The second-order valence-electron chi connectivity index (χ2n) is 3.90. The quantitative estimate of drug-likeness (QED) is 0.600. The van der Waals surface area contributed by atoms with Crippen molar-refractivity contribution in [3.05, 3.63) is 39.6 Å². The van der Waals surface area contributed by atoms with Crippen LogP contribution in [0.1, 0.15) is 17.5 Å². The summed E-state index contributed by atoms with van der Waals surface area (Å²) < 4.78 is 63.4. The lowest BCUT2D eigenvalue weighted by Gasteiger charge is -2.18.